The summed E-state index contributed by atoms with van der Waals surface area (Å²) in [6.45, 7) is 8.86. The van der Waals surface area contributed by atoms with Gasteiger partial charge >= 0.3 is 0 Å². The van der Waals surface area contributed by atoms with Crippen LogP contribution in [0.2, 0.25) is 5.02 Å². The van der Waals surface area contributed by atoms with Crippen molar-refractivity contribution in [1.29, 1.82) is 0 Å². The highest BCUT2D eigenvalue weighted by Gasteiger charge is 2.29. The first-order valence-electron chi connectivity index (χ1n) is 7.24. The van der Waals surface area contributed by atoms with E-state index in [0.717, 1.165) is 5.56 Å². The Morgan fingerprint density at radius 3 is 2.57 bits per heavy atom. The van der Waals surface area contributed by atoms with Gasteiger partial charge in [-0.2, -0.15) is 0 Å². The minimum Gasteiger partial charge on any atom is -0.481 e. The van der Waals surface area contributed by atoms with Crippen LogP contribution in [0.3, 0.4) is 0 Å². The van der Waals surface area contributed by atoms with E-state index in [1.807, 2.05) is 31.7 Å². The molecule has 1 aliphatic rings. The van der Waals surface area contributed by atoms with E-state index in [-0.39, 0.29) is 18.1 Å². The maximum atomic E-state index is 12.5. The molecule has 116 valence electrons. The smallest absolute Gasteiger partial charge is 0.263 e. The normalized spacial score (nSPS) is 23.8. The first-order valence-corrected chi connectivity index (χ1v) is 7.61. The second-order valence-electron chi connectivity index (χ2n) is 5.67. The van der Waals surface area contributed by atoms with Crippen molar-refractivity contribution in [3.8, 4) is 5.75 Å². The van der Waals surface area contributed by atoms with Gasteiger partial charge in [-0.15, -0.1) is 0 Å². The lowest BCUT2D eigenvalue weighted by Crippen LogP contribution is -2.51. The number of ether oxygens (including phenoxy) is 2. The van der Waals surface area contributed by atoms with Gasteiger partial charge in [-0.1, -0.05) is 11.6 Å². The second-order valence-corrected chi connectivity index (χ2v) is 6.11. The summed E-state index contributed by atoms with van der Waals surface area (Å²) in [5.74, 6) is 0.681. The van der Waals surface area contributed by atoms with E-state index >= 15 is 0 Å². The van der Waals surface area contributed by atoms with Crippen LogP contribution in [0.5, 0.6) is 5.75 Å². The molecule has 0 N–H and O–H groups in total. The van der Waals surface area contributed by atoms with Gasteiger partial charge in [0.25, 0.3) is 5.91 Å². The average molecular weight is 312 g/mol. The van der Waals surface area contributed by atoms with Crippen LogP contribution < -0.4 is 4.74 Å². The maximum absolute atomic E-state index is 12.5. The largest absolute Gasteiger partial charge is 0.481 e. The number of morpholine rings is 1. The molecule has 3 atom stereocenters. The van der Waals surface area contributed by atoms with E-state index in [1.165, 1.54) is 0 Å². The van der Waals surface area contributed by atoms with Crippen LogP contribution in [-0.4, -0.2) is 42.2 Å². The lowest BCUT2D eigenvalue weighted by molar-refractivity contribution is -0.149. The first-order chi connectivity index (χ1) is 9.86. The number of rotatable bonds is 3. The van der Waals surface area contributed by atoms with Crippen LogP contribution in [0.25, 0.3) is 0 Å². The van der Waals surface area contributed by atoms with E-state index in [0.29, 0.717) is 23.9 Å². The Kier molecular flexibility index (Phi) is 5.12. The zero-order valence-electron chi connectivity index (χ0n) is 12.9. The van der Waals surface area contributed by atoms with Crippen LogP contribution in [0.4, 0.5) is 0 Å². The zero-order valence-corrected chi connectivity index (χ0v) is 13.7. The molecule has 1 saturated heterocycles. The van der Waals surface area contributed by atoms with Gasteiger partial charge in [0.15, 0.2) is 6.10 Å². The fourth-order valence-electron chi connectivity index (χ4n) is 2.60. The summed E-state index contributed by atoms with van der Waals surface area (Å²) in [5, 5.41) is 0.662. The molecule has 21 heavy (non-hydrogen) atoms. The molecule has 4 nitrogen and oxygen atoms in total. The summed E-state index contributed by atoms with van der Waals surface area (Å²) < 4.78 is 11.4. The molecule has 1 aliphatic heterocycles. The highest BCUT2D eigenvalue weighted by atomic mass is 35.5. The quantitative estimate of drug-likeness (QED) is 0.861. The lowest BCUT2D eigenvalue weighted by Gasteiger charge is -2.36. The van der Waals surface area contributed by atoms with Gasteiger partial charge in [-0.3, -0.25) is 4.79 Å². The van der Waals surface area contributed by atoms with Gasteiger partial charge in [-0.05, 0) is 51.5 Å². The first kappa shape index (κ1) is 16.1. The van der Waals surface area contributed by atoms with Gasteiger partial charge < -0.3 is 14.4 Å². The molecule has 0 spiro atoms. The monoisotopic (exact) mass is 311 g/mol. The van der Waals surface area contributed by atoms with Crippen molar-refractivity contribution in [3.63, 3.8) is 0 Å². The summed E-state index contributed by atoms with van der Waals surface area (Å²) >= 11 is 5.93. The summed E-state index contributed by atoms with van der Waals surface area (Å²) in [4.78, 5) is 14.3. The third-order valence-electron chi connectivity index (χ3n) is 3.52. The van der Waals surface area contributed by atoms with Crippen LogP contribution in [0.1, 0.15) is 26.3 Å². The molecule has 1 aromatic carbocycles. The predicted molar refractivity (Wildman–Crippen MR) is 82.9 cm³/mol. The van der Waals surface area contributed by atoms with Gasteiger partial charge in [0.05, 0.1) is 12.2 Å². The van der Waals surface area contributed by atoms with Crippen molar-refractivity contribution >= 4 is 17.5 Å². The number of carbonyl (C=O) groups excluding carboxylic acids is 1. The number of nitrogens with zero attached hydrogens (tertiary/aromatic N) is 1. The SMILES string of the molecule is Cc1cc(Cl)ccc1OC(C)C(=O)N1CC(C)OC(C)C1. The van der Waals surface area contributed by atoms with Crippen molar-refractivity contribution in [1.82, 2.24) is 4.90 Å². The van der Waals surface area contributed by atoms with Crippen molar-refractivity contribution in [2.24, 2.45) is 0 Å². The molecule has 1 heterocycles. The highest BCUT2D eigenvalue weighted by molar-refractivity contribution is 6.30. The number of aryl methyl sites for hydroxylation is 1. The Hall–Kier alpha value is -1.26. The van der Waals surface area contributed by atoms with Gasteiger partial charge in [0, 0.05) is 18.1 Å². The summed E-state index contributed by atoms with van der Waals surface area (Å²) in [6, 6.07) is 5.39. The second kappa shape index (κ2) is 6.67. The van der Waals surface area contributed by atoms with Gasteiger partial charge in [0.2, 0.25) is 0 Å². The highest BCUT2D eigenvalue weighted by Crippen LogP contribution is 2.23. The number of hydrogen-bond donors (Lipinski definition) is 0. The standard InChI is InChI=1S/C16H22ClNO3/c1-10-7-14(17)5-6-15(10)21-13(4)16(19)18-8-11(2)20-12(3)9-18/h5-7,11-13H,8-9H2,1-4H3. The summed E-state index contributed by atoms with van der Waals surface area (Å²) in [6.07, 6.45) is -0.410. The minimum atomic E-state index is -0.526. The molecule has 0 aromatic heterocycles. The molecule has 1 fully saturated rings. The Labute approximate surface area is 131 Å². The minimum absolute atomic E-state index is 0.00801. The van der Waals surface area contributed by atoms with Crippen molar-refractivity contribution in [2.75, 3.05) is 13.1 Å². The van der Waals surface area contributed by atoms with Gasteiger partial charge in [-0.25, -0.2) is 0 Å². The number of hydrogen-bond acceptors (Lipinski definition) is 3. The number of halogens is 1. The maximum Gasteiger partial charge on any atom is 0.263 e. The zero-order chi connectivity index (χ0) is 15.6. The number of carbonyl (C=O) groups is 1. The fraction of sp³-hybridized carbons (Fsp3) is 0.562. The van der Waals surface area contributed by atoms with Crippen molar-refractivity contribution < 1.29 is 14.3 Å². The molecular formula is C16H22ClNO3. The van der Waals surface area contributed by atoms with E-state index in [4.69, 9.17) is 21.1 Å². The third kappa shape index (κ3) is 4.11. The fourth-order valence-corrected chi connectivity index (χ4v) is 2.83. The molecule has 0 bridgehead atoms. The molecule has 5 heteroatoms. The van der Waals surface area contributed by atoms with Gasteiger partial charge in [0.1, 0.15) is 5.75 Å². The Morgan fingerprint density at radius 2 is 2.00 bits per heavy atom. The number of benzene rings is 1. The lowest BCUT2D eigenvalue weighted by atomic mass is 10.2. The predicted octanol–water partition coefficient (Wildman–Crippen LogP) is 3.05. The van der Waals surface area contributed by atoms with Crippen LogP contribution in [0.15, 0.2) is 18.2 Å². The third-order valence-corrected chi connectivity index (χ3v) is 3.75. The molecular weight excluding hydrogens is 290 g/mol. The number of amides is 1. The van der Waals surface area contributed by atoms with Crippen molar-refractivity contribution in [2.45, 2.75) is 46.0 Å². The molecule has 2 rings (SSSR count). The molecule has 3 unspecified atom stereocenters. The summed E-state index contributed by atoms with van der Waals surface area (Å²) in [5.41, 5.74) is 0.922. The molecule has 1 amide bonds. The molecule has 1 aromatic rings. The molecule has 0 aliphatic carbocycles. The molecule has 0 saturated carbocycles. The Bertz CT molecular complexity index is 510. The van der Waals surface area contributed by atoms with E-state index in [2.05, 4.69) is 0 Å². The Morgan fingerprint density at radius 1 is 1.38 bits per heavy atom. The van der Waals surface area contributed by atoms with E-state index in [1.54, 1.807) is 19.1 Å². The summed E-state index contributed by atoms with van der Waals surface area (Å²) in [7, 11) is 0. The Balaban J connectivity index is 2.02. The topological polar surface area (TPSA) is 38.8 Å². The molecule has 0 radical (unpaired) electrons. The van der Waals surface area contributed by atoms with Crippen LogP contribution >= 0.6 is 11.6 Å². The van der Waals surface area contributed by atoms with Crippen molar-refractivity contribution in [3.05, 3.63) is 28.8 Å². The van der Waals surface area contributed by atoms with E-state index < -0.39 is 6.10 Å². The van der Waals surface area contributed by atoms with E-state index in [9.17, 15) is 4.79 Å². The van der Waals surface area contributed by atoms with Crippen LogP contribution in [0, 0.1) is 6.92 Å². The van der Waals surface area contributed by atoms with Crippen LogP contribution in [-0.2, 0) is 9.53 Å². The average Bonchev–Trinajstić information content (AvgIpc) is 2.40.